The molecule has 0 saturated carbocycles. The number of nitrogens with two attached hydrogens (primary N) is 1. The van der Waals surface area contributed by atoms with Crippen LogP contribution in [0.25, 0.3) is 0 Å². The van der Waals surface area contributed by atoms with Crippen LogP contribution >= 0.6 is 15.9 Å². The first-order valence-corrected chi connectivity index (χ1v) is 6.18. The summed E-state index contributed by atoms with van der Waals surface area (Å²) >= 11 is 3.45. The van der Waals surface area contributed by atoms with Gasteiger partial charge < -0.3 is 5.73 Å². The van der Waals surface area contributed by atoms with Crippen molar-refractivity contribution in [3.05, 3.63) is 27.7 Å². The predicted molar refractivity (Wildman–Crippen MR) is 61.8 cm³/mol. The van der Waals surface area contributed by atoms with Crippen LogP contribution in [0.5, 0.6) is 0 Å². The molecule has 0 aromatic heterocycles. The lowest BCUT2D eigenvalue weighted by atomic mass is 10.1. The highest BCUT2D eigenvalue weighted by molar-refractivity contribution is 9.10. The van der Waals surface area contributed by atoms with Crippen LogP contribution in [0.15, 0.2) is 16.6 Å². The van der Waals surface area contributed by atoms with E-state index in [1.807, 2.05) is 25.6 Å². The highest BCUT2D eigenvalue weighted by Gasteiger charge is 1.99. The summed E-state index contributed by atoms with van der Waals surface area (Å²) in [6.45, 7) is 4.06. The van der Waals surface area contributed by atoms with Crippen molar-refractivity contribution < 1.29 is 0 Å². The maximum atomic E-state index is 5.81. The molecule has 66 valence electrons. The summed E-state index contributed by atoms with van der Waals surface area (Å²) in [6.07, 6.45) is 0. The molecule has 1 aromatic rings. The van der Waals surface area contributed by atoms with Crippen LogP contribution in [0.1, 0.15) is 11.1 Å². The van der Waals surface area contributed by atoms with Gasteiger partial charge in [0.15, 0.2) is 0 Å². The van der Waals surface area contributed by atoms with Crippen molar-refractivity contribution in [3.8, 4) is 11.5 Å². The van der Waals surface area contributed by atoms with Crippen LogP contribution in [0.2, 0.25) is 6.55 Å². The molecule has 0 unspecified atom stereocenters. The number of benzene rings is 1. The van der Waals surface area contributed by atoms with Gasteiger partial charge in [-0.05, 0) is 24.6 Å². The van der Waals surface area contributed by atoms with Gasteiger partial charge in [0.25, 0.3) is 0 Å². The van der Waals surface area contributed by atoms with Crippen molar-refractivity contribution in [1.82, 2.24) is 0 Å². The highest BCUT2D eigenvalue weighted by atomic mass is 79.9. The minimum atomic E-state index is 0.642. The quantitative estimate of drug-likeness (QED) is 0.428. The summed E-state index contributed by atoms with van der Waals surface area (Å²) in [5.74, 6) is 3.04. The lowest BCUT2D eigenvalue weighted by molar-refractivity contribution is 1.42. The third-order valence-electron chi connectivity index (χ3n) is 1.65. The van der Waals surface area contributed by atoms with E-state index in [4.69, 9.17) is 5.73 Å². The second kappa shape index (κ2) is 4.50. The Morgan fingerprint density at radius 2 is 2.15 bits per heavy atom. The van der Waals surface area contributed by atoms with Crippen molar-refractivity contribution in [2.75, 3.05) is 5.73 Å². The third kappa shape index (κ3) is 2.61. The zero-order valence-corrected chi connectivity index (χ0v) is 10.2. The van der Waals surface area contributed by atoms with Crippen LogP contribution in [0.4, 0.5) is 5.69 Å². The van der Waals surface area contributed by atoms with Gasteiger partial charge >= 0.3 is 0 Å². The van der Waals surface area contributed by atoms with Crippen molar-refractivity contribution >= 4 is 31.1 Å². The SMILES string of the molecule is C[Si]C#Cc1cc(Br)c(C)cc1N. The molecule has 0 spiro atoms. The number of halogens is 1. The van der Waals surface area contributed by atoms with Gasteiger partial charge in [-0.1, -0.05) is 28.4 Å². The molecule has 0 atom stereocenters. The Morgan fingerprint density at radius 3 is 2.77 bits per heavy atom. The van der Waals surface area contributed by atoms with Crippen LogP contribution in [0.3, 0.4) is 0 Å². The number of rotatable bonds is 0. The molecule has 0 amide bonds. The van der Waals surface area contributed by atoms with E-state index in [0.29, 0.717) is 9.52 Å². The molecule has 0 fully saturated rings. The molecular weight excluding hydrogens is 242 g/mol. The largest absolute Gasteiger partial charge is 0.398 e. The summed E-state index contributed by atoms with van der Waals surface area (Å²) in [5.41, 5.74) is 11.6. The van der Waals surface area contributed by atoms with Gasteiger partial charge in [0.2, 0.25) is 0 Å². The van der Waals surface area contributed by atoms with Crippen molar-refractivity contribution in [1.29, 1.82) is 0 Å². The van der Waals surface area contributed by atoms with E-state index < -0.39 is 0 Å². The Hall–Kier alpha value is -0.723. The summed E-state index contributed by atoms with van der Waals surface area (Å²) in [5, 5.41) is 0. The predicted octanol–water partition coefficient (Wildman–Crippen LogP) is 2.40. The zero-order valence-electron chi connectivity index (χ0n) is 7.61. The average molecular weight is 252 g/mol. The fourth-order valence-electron chi connectivity index (χ4n) is 0.942. The molecule has 3 heteroatoms. The lowest BCUT2D eigenvalue weighted by Gasteiger charge is -2.02. The molecule has 13 heavy (non-hydrogen) atoms. The second-order valence-corrected chi connectivity index (χ2v) is 4.29. The first-order chi connectivity index (χ1) is 6.15. The van der Waals surface area contributed by atoms with Crippen molar-refractivity contribution in [2.24, 2.45) is 0 Å². The number of anilines is 1. The molecule has 1 rings (SSSR count). The van der Waals surface area contributed by atoms with Crippen molar-refractivity contribution in [2.45, 2.75) is 13.5 Å². The molecule has 0 aliphatic heterocycles. The van der Waals surface area contributed by atoms with Crippen LogP contribution in [-0.4, -0.2) is 9.52 Å². The van der Waals surface area contributed by atoms with Gasteiger partial charge in [0.05, 0.1) is 0 Å². The topological polar surface area (TPSA) is 26.0 Å². The minimum Gasteiger partial charge on any atom is -0.398 e. The van der Waals surface area contributed by atoms with Crippen molar-refractivity contribution in [3.63, 3.8) is 0 Å². The number of hydrogen-bond donors (Lipinski definition) is 1. The summed E-state index contributed by atoms with van der Waals surface area (Å²) < 4.78 is 1.06. The van der Waals surface area contributed by atoms with Gasteiger partial charge in [-0.2, -0.15) is 0 Å². The van der Waals surface area contributed by atoms with E-state index in [1.165, 1.54) is 0 Å². The second-order valence-electron chi connectivity index (χ2n) is 2.69. The van der Waals surface area contributed by atoms with Gasteiger partial charge in [-0.15, -0.1) is 5.54 Å². The molecule has 0 saturated heterocycles. The van der Waals surface area contributed by atoms with E-state index in [9.17, 15) is 0 Å². The molecule has 0 heterocycles. The number of hydrogen-bond acceptors (Lipinski definition) is 1. The third-order valence-corrected chi connectivity index (χ3v) is 2.88. The Labute approximate surface area is 89.7 Å². The maximum Gasteiger partial charge on any atom is 0.144 e. The Balaban J connectivity index is 3.16. The molecular formula is C10H10BrNSi. The average Bonchev–Trinajstić information content (AvgIpc) is 2.09. The van der Waals surface area contributed by atoms with Gasteiger partial charge in [-0.3, -0.25) is 0 Å². The first-order valence-electron chi connectivity index (χ1n) is 3.88. The smallest absolute Gasteiger partial charge is 0.144 e. The van der Waals surface area contributed by atoms with Crippen LogP contribution < -0.4 is 5.73 Å². The Morgan fingerprint density at radius 1 is 1.46 bits per heavy atom. The monoisotopic (exact) mass is 251 g/mol. The number of aryl methyl sites for hydroxylation is 1. The van der Waals surface area contributed by atoms with E-state index in [2.05, 4.69) is 27.4 Å². The molecule has 2 N–H and O–H groups in total. The zero-order chi connectivity index (χ0) is 9.84. The van der Waals surface area contributed by atoms with Gasteiger partial charge in [0, 0.05) is 15.7 Å². The Kier molecular flexibility index (Phi) is 3.58. The summed E-state index contributed by atoms with van der Waals surface area (Å²) in [4.78, 5) is 0. The van der Waals surface area contributed by atoms with E-state index in [-0.39, 0.29) is 0 Å². The summed E-state index contributed by atoms with van der Waals surface area (Å²) in [6, 6.07) is 3.91. The summed E-state index contributed by atoms with van der Waals surface area (Å²) in [7, 11) is 0.642. The Bertz CT molecular complexity index is 376. The maximum absolute atomic E-state index is 5.81. The lowest BCUT2D eigenvalue weighted by Crippen LogP contribution is -1.92. The number of nitrogen functional groups attached to an aromatic ring is 1. The highest BCUT2D eigenvalue weighted by Crippen LogP contribution is 2.22. The molecule has 0 bridgehead atoms. The fourth-order valence-corrected chi connectivity index (χ4v) is 1.54. The van der Waals surface area contributed by atoms with E-state index in [0.717, 1.165) is 21.3 Å². The molecule has 1 nitrogen and oxygen atoms in total. The first kappa shape index (κ1) is 10.4. The van der Waals surface area contributed by atoms with E-state index in [1.54, 1.807) is 0 Å². The van der Waals surface area contributed by atoms with Gasteiger partial charge in [0.1, 0.15) is 9.52 Å². The molecule has 1 aromatic carbocycles. The normalized spacial score (nSPS) is 9.15. The van der Waals surface area contributed by atoms with Gasteiger partial charge in [-0.25, -0.2) is 0 Å². The standard InChI is InChI=1S/C10H10BrNSi/c1-7-5-10(12)8(3-4-13-2)6-9(7)11/h5-6H,12H2,1-2H3. The van der Waals surface area contributed by atoms with Crippen LogP contribution in [-0.2, 0) is 0 Å². The minimum absolute atomic E-state index is 0.642. The van der Waals surface area contributed by atoms with E-state index >= 15 is 0 Å². The van der Waals surface area contributed by atoms with Crippen LogP contribution in [0, 0.1) is 18.4 Å². The molecule has 2 radical (unpaired) electrons. The molecule has 0 aliphatic rings. The molecule has 0 aliphatic carbocycles. The fraction of sp³-hybridized carbons (Fsp3) is 0.200.